The first-order chi connectivity index (χ1) is 8.69. The summed E-state index contributed by atoms with van der Waals surface area (Å²) < 4.78 is 0. The number of carbonyl (C=O) groups excluding carboxylic acids is 1. The second-order valence-electron chi connectivity index (χ2n) is 4.68. The van der Waals surface area contributed by atoms with E-state index in [1.54, 1.807) is 12.1 Å². The molecule has 1 aromatic rings. The van der Waals surface area contributed by atoms with Gasteiger partial charge in [0.1, 0.15) is 0 Å². The lowest BCUT2D eigenvalue weighted by Crippen LogP contribution is -2.36. The molecule has 18 heavy (non-hydrogen) atoms. The van der Waals surface area contributed by atoms with Crippen LogP contribution in [0.3, 0.4) is 0 Å². The van der Waals surface area contributed by atoms with Crippen LogP contribution in [0.2, 0.25) is 0 Å². The third-order valence-corrected chi connectivity index (χ3v) is 3.05. The summed E-state index contributed by atoms with van der Waals surface area (Å²) in [6, 6.07) is 10.00. The third kappa shape index (κ3) is 3.57. The molecular weight excluding hydrogens is 226 g/mol. The molecule has 0 radical (unpaired) electrons. The summed E-state index contributed by atoms with van der Waals surface area (Å²) >= 11 is 0. The predicted octanol–water partition coefficient (Wildman–Crippen LogP) is 1.49. The van der Waals surface area contributed by atoms with Crippen molar-refractivity contribution in [2.24, 2.45) is 0 Å². The summed E-state index contributed by atoms with van der Waals surface area (Å²) in [5, 5.41) is 14.8. The molecule has 1 fully saturated rings. The van der Waals surface area contributed by atoms with Crippen molar-refractivity contribution in [3.63, 3.8) is 0 Å². The Morgan fingerprint density at radius 1 is 1.44 bits per heavy atom. The number of carbonyl (C=O) groups is 1. The molecule has 1 saturated carbocycles. The maximum absolute atomic E-state index is 11.5. The summed E-state index contributed by atoms with van der Waals surface area (Å²) in [4.78, 5) is 11.5. The molecule has 1 amide bonds. The molecule has 0 aromatic heterocycles. The number of amides is 1. The van der Waals surface area contributed by atoms with Crippen molar-refractivity contribution in [2.75, 3.05) is 6.54 Å². The number of nitrogens with one attached hydrogen (secondary N) is 2. The van der Waals surface area contributed by atoms with Crippen LogP contribution >= 0.6 is 0 Å². The molecule has 0 heterocycles. The van der Waals surface area contributed by atoms with Gasteiger partial charge >= 0.3 is 0 Å². The van der Waals surface area contributed by atoms with Crippen LogP contribution in [0, 0.1) is 11.3 Å². The van der Waals surface area contributed by atoms with E-state index in [-0.39, 0.29) is 11.9 Å². The van der Waals surface area contributed by atoms with E-state index >= 15 is 0 Å². The van der Waals surface area contributed by atoms with Crippen molar-refractivity contribution in [2.45, 2.75) is 31.8 Å². The minimum absolute atomic E-state index is 0.0537. The highest BCUT2D eigenvalue weighted by atomic mass is 16.2. The van der Waals surface area contributed by atoms with Crippen molar-refractivity contribution >= 4 is 5.91 Å². The molecule has 94 valence electrons. The highest BCUT2D eigenvalue weighted by Gasteiger charge is 2.23. The average molecular weight is 243 g/mol. The van der Waals surface area contributed by atoms with Gasteiger partial charge in [-0.25, -0.2) is 0 Å². The van der Waals surface area contributed by atoms with Crippen molar-refractivity contribution in [3.05, 3.63) is 35.4 Å². The van der Waals surface area contributed by atoms with Crippen LogP contribution in [-0.4, -0.2) is 18.5 Å². The quantitative estimate of drug-likeness (QED) is 0.823. The van der Waals surface area contributed by atoms with Gasteiger partial charge in [0.05, 0.1) is 18.2 Å². The SMILES string of the molecule is CC(NCC(=O)NC1CC1)c1ccc(C#N)cc1. The van der Waals surface area contributed by atoms with E-state index in [2.05, 4.69) is 16.7 Å². The van der Waals surface area contributed by atoms with Crippen LogP contribution in [0.5, 0.6) is 0 Å². The highest BCUT2D eigenvalue weighted by molar-refractivity contribution is 5.78. The van der Waals surface area contributed by atoms with E-state index in [0.717, 1.165) is 18.4 Å². The summed E-state index contributed by atoms with van der Waals surface area (Å²) in [6.07, 6.45) is 2.22. The number of hydrogen-bond donors (Lipinski definition) is 2. The fraction of sp³-hybridized carbons (Fsp3) is 0.429. The lowest BCUT2D eigenvalue weighted by Gasteiger charge is -2.14. The van der Waals surface area contributed by atoms with Crippen molar-refractivity contribution in [3.8, 4) is 6.07 Å². The minimum Gasteiger partial charge on any atom is -0.352 e. The fourth-order valence-electron chi connectivity index (χ4n) is 1.72. The Labute approximate surface area is 107 Å². The maximum atomic E-state index is 11.5. The monoisotopic (exact) mass is 243 g/mol. The van der Waals surface area contributed by atoms with E-state index in [1.807, 2.05) is 19.1 Å². The first-order valence-corrected chi connectivity index (χ1v) is 6.22. The number of hydrogen-bond acceptors (Lipinski definition) is 3. The van der Waals surface area contributed by atoms with E-state index in [1.165, 1.54) is 0 Å². The summed E-state index contributed by atoms with van der Waals surface area (Å²) in [5.74, 6) is 0.0537. The van der Waals surface area contributed by atoms with Crippen LogP contribution in [0.4, 0.5) is 0 Å². The second-order valence-corrected chi connectivity index (χ2v) is 4.68. The molecule has 1 aromatic carbocycles. The van der Waals surface area contributed by atoms with Gasteiger partial charge in [-0.15, -0.1) is 0 Å². The Kier molecular flexibility index (Phi) is 3.96. The fourth-order valence-corrected chi connectivity index (χ4v) is 1.72. The lowest BCUT2D eigenvalue weighted by atomic mass is 10.1. The van der Waals surface area contributed by atoms with Crippen molar-refractivity contribution < 1.29 is 4.79 Å². The molecule has 4 nitrogen and oxygen atoms in total. The van der Waals surface area contributed by atoms with Gasteiger partial charge < -0.3 is 10.6 Å². The molecule has 1 unspecified atom stereocenters. The molecule has 4 heteroatoms. The normalized spacial score (nSPS) is 15.8. The standard InChI is InChI=1S/C14H17N3O/c1-10(12-4-2-11(8-15)3-5-12)16-9-14(18)17-13-6-7-13/h2-5,10,13,16H,6-7,9H2,1H3,(H,17,18). The van der Waals surface area contributed by atoms with Gasteiger partial charge in [0.15, 0.2) is 0 Å². The molecule has 1 aliphatic carbocycles. The number of nitrogens with zero attached hydrogens (tertiary/aromatic N) is 1. The summed E-state index contributed by atoms with van der Waals surface area (Å²) in [6.45, 7) is 2.34. The van der Waals surface area contributed by atoms with E-state index in [4.69, 9.17) is 5.26 Å². The zero-order valence-corrected chi connectivity index (χ0v) is 10.4. The van der Waals surface area contributed by atoms with Gasteiger partial charge in [0.2, 0.25) is 5.91 Å². The molecule has 2 rings (SSSR count). The Balaban J connectivity index is 1.80. The molecule has 0 spiro atoms. The first kappa shape index (κ1) is 12.6. The van der Waals surface area contributed by atoms with Gasteiger partial charge in [-0.05, 0) is 37.5 Å². The van der Waals surface area contributed by atoms with Crippen LogP contribution in [0.15, 0.2) is 24.3 Å². The van der Waals surface area contributed by atoms with E-state index in [0.29, 0.717) is 18.2 Å². The lowest BCUT2D eigenvalue weighted by molar-refractivity contribution is -0.120. The Bertz CT molecular complexity index is 457. The molecule has 0 saturated heterocycles. The molecule has 2 N–H and O–H groups in total. The van der Waals surface area contributed by atoms with Gasteiger partial charge in [0, 0.05) is 12.1 Å². The van der Waals surface area contributed by atoms with E-state index < -0.39 is 0 Å². The zero-order valence-electron chi connectivity index (χ0n) is 10.4. The van der Waals surface area contributed by atoms with Gasteiger partial charge in [-0.3, -0.25) is 4.79 Å². The van der Waals surface area contributed by atoms with Crippen LogP contribution < -0.4 is 10.6 Å². The maximum Gasteiger partial charge on any atom is 0.234 e. The highest BCUT2D eigenvalue weighted by Crippen LogP contribution is 2.18. The van der Waals surface area contributed by atoms with Crippen LogP contribution in [0.1, 0.15) is 36.9 Å². The third-order valence-electron chi connectivity index (χ3n) is 3.05. The van der Waals surface area contributed by atoms with Gasteiger partial charge in [-0.2, -0.15) is 5.26 Å². The van der Waals surface area contributed by atoms with E-state index in [9.17, 15) is 4.79 Å². The van der Waals surface area contributed by atoms with Gasteiger partial charge in [0.25, 0.3) is 0 Å². The van der Waals surface area contributed by atoms with Crippen LogP contribution in [0.25, 0.3) is 0 Å². The number of benzene rings is 1. The number of rotatable bonds is 5. The number of nitriles is 1. The minimum atomic E-state index is 0.0537. The average Bonchev–Trinajstić information content (AvgIpc) is 3.20. The molecule has 1 aliphatic rings. The second kappa shape index (κ2) is 5.65. The van der Waals surface area contributed by atoms with Gasteiger partial charge in [-0.1, -0.05) is 12.1 Å². The van der Waals surface area contributed by atoms with Crippen LogP contribution in [-0.2, 0) is 4.79 Å². The Morgan fingerprint density at radius 3 is 2.67 bits per heavy atom. The predicted molar refractivity (Wildman–Crippen MR) is 68.7 cm³/mol. The molecule has 1 atom stereocenters. The molecule has 0 bridgehead atoms. The summed E-state index contributed by atoms with van der Waals surface area (Å²) in [7, 11) is 0. The first-order valence-electron chi connectivity index (χ1n) is 6.22. The Morgan fingerprint density at radius 2 is 2.11 bits per heavy atom. The van der Waals surface area contributed by atoms with Crippen molar-refractivity contribution in [1.82, 2.24) is 10.6 Å². The van der Waals surface area contributed by atoms with Crippen molar-refractivity contribution in [1.29, 1.82) is 5.26 Å². The zero-order chi connectivity index (χ0) is 13.0. The topological polar surface area (TPSA) is 64.9 Å². The molecular formula is C14H17N3O. The Hall–Kier alpha value is -1.86. The largest absolute Gasteiger partial charge is 0.352 e. The smallest absolute Gasteiger partial charge is 0.234 e. The molecule has 0 aliphatic heterocycles. The summed E-state index contributed by atoms with van der Waals surface area (Å²) in [5.41, 5.74) is 1.73.